The van der Waals surface area contributed by atoms with Crippen molar-refractivity contribution in [1.82, 2.24) is 24.6 Å². The Morgan fingerprint density at radius 2 is 1.86 bits per heavy atom. The van der Waals surface area contributed by atoms with E-state index in [1.54, 1.807) is 0 Å². The van der Waals surface area contributed by atoms with Crippen LogP contribution in [-0.4, -0.2) is 61.0 Å². The van der Waals surface area contributed by atoms with Crippen LogP contribution in [0.3, 0.4) is 0 Å². The normalized spacial score (nSPS) is 24.1. The summed E-state index contributed by atoms with van der Waals surface area (Å²) in [7, 11) is 0. The van der Waals surface area contributed by atoms with Gasteiger partial charge in [-0.1, -0.05) is 0 Å². The molecule has 1 saturated carbocycles. The van der Waals surface area contributed by atoms with Crippen molar-refractivity contribution in [3.8, 4) is 17.3 Å². The summed E-state index contributed by atoms with van der Waals surface area (Å²) in [6.45, 7) is 6.66. The van der Waals surface area contributed by atoms with E-state index in [2.05, 4.69) is 16.3 Å². The maximum Gasteiger partial charge on any atom is 0.236 e. The van der Waals surface area contributed by atoms with Crippen molar-refractivity contribution in [2.75, 3.05) is 29.9 Å². The largest absolute Gasteiger partial charge is 0.476 e. The number of hydrogen-bond acceptors (Lipinski definition) is 8. The summed E-state index contributed by atoms with van der Waals surface area (Å²) < 4.78 is 7.67. The summed E-state index contributed by atoms with van der Waals surface area (Å²) in [6, 6.07) is 4.42. The summed E-state index contributed by atoms with van der Waals surface area (Å²) in [5, 5.41) is 19.0. The first-order valence-corrected chi connectivity index (χ1v) is 12.6. The SMILES string of the molecule is Cc1nc2c(nc1-c1cc3nc(N4CCCC4)cc(NC4CCC(C)(O)CC4)n3n1)OCCC2.Cl. The quantitative estimate of drug-likeness (QED) is 0.556. The Bertz CT molecular complexity index is 1210. The topological polar surface area (TPSA) is 101 Å². The van der Waals surface area contributed by atoms with Crippen molar-refractivity contribution in [3.63, 3.8) is 0 Å². The predicted octanol–water partition coefficient (Wildman–Crippen LogP) is 3.95. The molecule has 2 N–H and O–H groups in total. The molecule has 5 heterocycles. The van der Waals surface area contributed by atoms with Gasteiger partial charge in [0, 0.05) is 31.3 Å². The summed E-state index contributed by atoms with van der Waals surface area (Å²) in [5.74, 6) is 2.55. The second kappa shape index (κ2) is 9.43. The monoisotopic (exact) mass is 499 g/mol. The fourth-order valence-electron chi connectivity index (χ4n) is 5.36. The summed E-state index contributed by atoms with van der Waals surface area (Å²) >= 11 is 0. The van der Waals surface area contributed by atoms with E-state index in [0.29, 0.717) is 18.5 Å². The van der Waals surface area contributed by atoms with Gasteiger partial charge in [-0.3, -0.25) is 4.98 Å². The van der Waals surface area contributed by atoms with E-state index < -0.39 is 5.60 Å². The number of nitrogens with one attached hydrogen (secondary N) is 1. The van der Waals surface area contributed by atoms with Crippen LogP contribution in [0.15, 0.2) is 12.1 Å². The lowest BCUT2D eigenvalue weighted by molar-refractivity contribution is 0.0196. The molecule has 9 nitrogen and oxygen atoms in total. The second-order valence-electron chi connectivity index (χ2n) is 10.3. The lowest BCUT2D eigenvalue weighted by atomic mass is 9.84. The highest BCUT2D eigenvalue weighted by molar-refractivity contribution is 5.85. The van der Waals surface area contributed by atoms with Crippen LogP contribution in [0.25, 0.3) is 17.0 Å². The molecule has 0 atom stereocenters. The molecule has 0 unspecified atom stereocenters. The van der Waals surface area contributed by atoms with Gasteiger partial charge < -0.3 is 20.1 Å². The molecule has 10 heteroatoms. The number of anilines is 2. The van der Waals surface area contributed by atoms with E-state index in [-0.39, 0.29) is 12.4 Å². The third-order valence-electron chi connectivity index (χ3n) is 7.40. The van der Waals surface area contributed by atoms with Gasteiger partial charge in [0.2, 0.25) is 5.88 Å². The van der Waals surface area contributed by atoms with Crippen LogP contribution in [0.5, 0.6) is 5.88 Å². The number of hydrogen-bond donors (Lipinski definition) is 2. The molecule has 35 heavy (non-hydrogen) atoms. The summed E-state index contributed by atoms with van der Waals surface area (Å²) in [6.07, 6.45) is 7.72. The average molecular weight is 500 g/mol. The molecule has 3 aliphatic rings. The summed E-state index contributed by atoms with van der Waals surface area (Å²) in [4.78, 5) is 16.9. The van der Waals surface area contributed by atoms with Gasteiger partial charge in [-0.05, 0) is 65.2 Å². The van der Waals surface area contributed by atoms with Gasteiger partial charge in [0.05, 0.1) is 17.9 Å². The average Bonchev–Trinajstić information content (AvgIpc) is 3.50. The maximum absolute atomic E-state index is 10.4. The Labute approximate surface area is 211 Å². The summed E-state index contributed by atoms with van der Waals surface area (Å²) in [5.41, 5.74) is 3.52. The van der Waals surface area contributed by atoms with Crippen LogP contribution in [-0.2, 0) is 6.42 Å². The van der Waals surface area contributed by atoms with Gasteiger partial charge in [0.15, 0.2) is 5.65 Å². The molecule has 1 saturated heterocycles. The molecule has 0 bridgehead atoms. The Morgan fingerprint density at radius 1 is 1.09 bits per heavy atom. The molecule has 0 aromatic carbocycles. The molecule has 1 aliphatic carbocycles. The number of aliphatic hydroxyl groups is 1. The molecule has 0 spiro atoms. The van der Waals surface area contributed by atoms with Crippen molar-refractivity contribution in [2.24, 2.45) is 0 Å². The number of fused-ring (bicyclic) bond motifs is 2. The lowest BCUT2D eigenvalue weighted by Crippen LogP contribution is -2.36. The second-order valence-corrected chi connectivity index (χ2v) is 10.3. The lowest BCUT2D eigenvalue weighted by Gasteiger charge is -2.34. The Balaban J connectivity index is 0.00000253. The van der Waals surface area contributed by atoms with Crippen molar-refractivity contribution in [3.05, 3.63) is 23.5 Å². The fraction of sp³-hybridized carbons (Fsp3) is 0.600. The molecule has 3 aromatic heterocycles. The fourth-order valence-corrected chi connectivity index (χ4v) is 5.36. The number of nitrogens with zero attached hydrogens (tertiary/aromatic N) is 6. The molecule has 3 aromatic rings. The van der Waals surface area contributed by atoms with E-state index in [1.807, 2.05) is 24.4 Å². The number of ether oxygens (including phenoxy) is 1. The highest BCUT2D eigenvalue weighted by atomic mass is 35.5. The third-order valence-corrected chi connectivity index (χ3v) is 7.40. The predicted molar refractivity (Wildman–Crippen MR) is 138 cm³/mol. The van der Waals surface area contributed by atoms with Crippen molar-refractivity contribution >= 4 is 29.7 Å². The Morgan fingerprint density at radius 3 is 2.63 bits per heavy atom. The third kappa shape index (κ3) is 4.76. The molecule has 6 rings (SSSR count). The zero-order valence-corrected chi connectivity index (χ0v) is 21.3. The number of halogens is 1. The van der Waals surface area contributed by atoms with E-state index in [0.717, 1.165) is 91.7 Å². The van der Waals surface area contributed by atoms with Crippen LogP contribution in [0.1, 0.15) is 63.3 Å². The highest BCUT2D eigenvalue weighted by Gasteiger charge is 2.29. The molecule has 0 amide bonds. The van der Waals surface area contributed by atoms with Crippen LogP contribution in [0.2, 0.25) is 0 Å². The maximum atomic E-state index is 10.4. The number of aromatic nitrogens is 5. The molecule has 2 aliphatic heterocycles. The molecular formula is C25H34ClN7O2. The van der Waals surface area contributed by atoms with Gasteiger partial charge in [-0.2, -0.15) is 9.61 Å². The smallest absolute Gasteiger partial charge is 0.236 e. The van der Waals surface area contributed by atoms with E-state index >= 15 is 0 Å². The number of rotatable bonds is 4. The van der Waals surface area contributed by atoms with Gasteiger partial charge in [0.1, 0.15) is 28.7 Å². The van der Waals surface area contributed by atoms with Gasteiger partial charge in [-0.25, -0.2) is 9.97 Å². The molecule has 0 radical (unpaired) electrons. The minimum atomic E-state index is -0.559. The van der Waals surface area contributed by atoms with Crippen LogP contribution >= 0.6 is 12.4 Å². The van der Waals surface area contributed by atoms with Crippen molar-refractivity contribution < 1.29 is 9.84 Å². The zero-order valence-electron chi connectivity index (χ0n) is 20.5. The van der Waals surface area contributed by atoms with Gasteiger partial charge in [-0.15, -0.1) is 12.4 Å². The molecule has 188 valence electrons. The van der Waals surface area contributed by atoms with Gasteiger partial charge >= 0.3 is 0 Å². The Kier molecular flexibility index (Phi) is 6.48. The van der Waals surface area contributed by atoms with Crippen LogP contribution in [0, 0.1) is 6.92 Å². The zero-order chi connectivity index (χ0) is 23.3. The molecular weight excluding hydrogens is 466 g/mol. The minimum absolute atomic E-state index is 0. The van der Waals surface area contributed by atoms with Gasteiger partial charge in [0.25, 0.3) is 0 Å². The van der Waals surface area contributed by atoms with Crippen LogP contribution < -0.4 is 15.0 Å². The van der Waals surface area contributed by atoms with Crippen molar-refractivity contribution in [1.29, 1.82) is 0 Å². The number of aryl methyl sites for hydroxylation is 2. The highest BCUT2D eigenvalue weighted by Crippen LogP contribution is 2.32. The van der Waals surface area contributed by atoms with Crippen molar-refractivity contribution in [2.45, 2.75) is 76.9 Å². The van der Waals surface area contributed by atoms with E-state index in [9.17, 15) is 5.11 Å². The molecule has 2 fully saturated rings. The van der Waals surface area contributed by atoms with Crippen LogP contribution in [0.4, 0.5) is 11.6 Å². The first-order chi connectivity index (χ1) is 16.4. The first kappa shape index (κ1) is 24.1. The van der Waals surface area contributed by atoms with E-state index in [1.165, 1.54) is 12.8 Å². The minimum Gasteiger partial charge on any atom is -0.476 e. The first-order valence-electron chi connectivity index (χ1n) is 12.6. The standard InChI is InChI=1S/C25H33N7O2.ClH/c1-16-23(29-24-18(26-16)6-5-13-34-24)19-14-21-28-20(31-11-3-4-12-31)15-22(32(21)30-19)27-17-7-9-25(2,33)10-8-17;/h14-15,17,27,33H,3-13H2,1-2H3;1H. The Hall–Kier alpha value is -2.65. The van der Waals surface area contributed by atoms with E-state index in [4.69, 9.17) is 24.8 Å².